The van der Waals surface area contributed by atoms with Gasteiger partial charge in [0.2, 0.25) is 5.91 Å². The Kier molecular flexibility index (Phi) is 11.3. The Morgan fingerprint density at radius 1 is 0.979 bits per heavy atom. The standard InChI is InChI=1S/C36H44N6O6/c1-23-12-13-24(29(21-23)48-20-7-5-6-11-31(44)42-18-16-41(3)17-19-42)32-25(35(45)37-2)14-15-26(34(32)47-4)36(46)39-28-10-8-9-27-33(28)40-30(22-43)38-27/h8-10,12-15,21,43H,5-7,11,16-20,22H2,1-4H3,(H,37,45)(H,38,40)(H,39,46). The van der Waals surface area contributed by atoms with E-state index in [0.717, 1.165) is 51.0 Å². The van der Waals surface area contributed by atoms with Crippen LogP contribution in [0.5, 0.6) is 11.5 Å². The van der Waals surface area contributed by atoms with E-state index < -0.39 is 5.91 Å². The van der Waals surface area contributed by atoms with Gasteiger partial charge in [0.25, 0.3) is 11.8 Å². The van der Waals surface area contributed by atoms with Crippen LogP contribution in [-0.4, -0.2) is 96.6 Å². The molecule has 0 spiro atoms. The van der Waals surface area contributed by atoms with Crippen molar-refractivity contribution in [1.29, 1.82) is 0 Å². The van der Waals surface area contributed by atoms with Crippen LogP contribution < -0.4 is 20.1 Å². The van der Waals surface area contributed by atoms with Gasteiger partial charge in [-0.25, -0.2) is 4.98 Å². The van der Waals surface area contributed by atoms with Crippen molar-refractivity contribution in [2.45, 2.75) is 39.2 Å². The number of ether oxygens (including phenoxy) is 2. The molecule has 0 saturated carbocycles. The lowest BCUT2D eigenvalue weighted by molar-refractivity contribution is -0.132. The van der Waals surface area contributed by atoms with E-state index in [9.17, 15) is 19.5 Å². The number of nitrogens with zero attached hydrogens (tertiary/aromatic N) is 3. The van der Waals surface area contributed by atoms with Crippen LogP contribution in [0.2, 0.25) is 0 Å². The molecule has 0 aliphatic carbocycles. The lowest BCUT2D eigenvalue weighted by atomic mass is 9.93. The summed E-state index contributed by atoms with van der Waals surface area (Å²) in [6.07, 6.45) is 2.90. The quantitative estimate of drug-likeness (QED) is 0.155. The number of nitrogens with one attached hydrogen (secondary N) is 3. The Bertz CT molecular complexity index is 1780. The first-order valence-corrected chi connectivity index (χ1v) is 16.3. The number of rotatable bonds is 13. The topological polar surface area (TPSA) is 149 Å². The number of unbranched alkanes of at least 4 members (excludes halogenated alkanes) is 2. The van der Waals surface area contributed by atoms with Gasteiger partial charge in [-0.15, -0.1) is 0 Å². The molecule has 48 heavy (non-hydrogen) atoms. The lowest BCUT2D eigenvalue weighted by Gasteiger charge is -2.32. The zero-order chi connectivity index (χ0) is 34.2. The van der Waals surface area contributed by atoms with E-state index in [1.54, 1.807) is 37.4 Å². The van der Waals surface area contributed by atoms with Crippen LogP contribution in [0.15, 0.2) is 48.5 Å². The zero-order valence-corrected chi connectivity index (χ0v) is 28.0. The third-order valence-electron chi connectivity index (χ3n) is 8.59. The highest BCUT2D eigenvalue weighted by Crippen LogP contribution is 2.42. The maximum absolute atomic E-state index is 13.8. The van der Waals surface area contributed by atoms with Gasteiger partial charge >= 0.3 is 0 Å². The second kappa shape index (κ2) is 15.8. The molecular weight excluding hydrogens is 612 g/mol. The van der Waals surface area contributed by atoms with E-state index in [4.69, 9.17) is 9.47 Å². The van der Waals surface area contributed by atoms with Crippen LogP contribution in [0.4, 0.5) is 5.69 Å². The van der Waals surface area contributed by atoms with Gasteiger partial charge in [0, 0.05) is 50.8 Å². The van der Waals surface area contributed by atoms with Crippen molar-refractivity contribution >= 4 is 34.4 Å². The second-order valence-corrected chi connectivity index (χ2v) is 12.0. The van der Waals surface area contributed by atoms with Gasteiger partial charge < -0.3 is 40.0 Å². The van der Waals surface area contributed by atoms with E-state index in [-0.39, 0.29) is 29.7 Å². The first-order chi connectivity index (χ1) is 23.2. The SMILES string of the molecule is CNC(=O)c1ccc(C(=O)Nc2cccc3[nH]c(CO)nc23)c(OC)c1-c1ccc(C)cc1OCCCCCC(=O)N1CCN(C)CC1. The number of amides is 3. The molecule has 12 nitrogen and oxygen atoms in total. The summed E-state index contributed by atoms with van der Waals surface area (Å²) in [5.41, 5.74) is 4.18. The Balaban J connectivity index is 1.36. The first-order valence-electron chi connectivity index (χ1n) is 16.3. The number of carbonyl (C=O) groups is 3. The van der Waals surface area contributed by atoms with Crippen LogP contribution in [0.25, 0.3) is 22.2 Å². The number of carbonyl (C=O) groups excluding carboxylic acids is 3. The zero-order valence-electron chi connectivity index (χ0n) is 28.0. The predicted octanol–water partition coefficient (Wildman–Crippen LogP) is 4.36. The number of imidazole rings is 1. The molecule has 12 heteroatoms. The number of H-pyrrole nitrogens is 1. The van der Waals surface area contributed by atoms with Crippen molar-refractivity contribution < 1.29 is 29.0 Å². The van der Waals surface area contributed by atoms with Crippen molar-refractivity contribution in [2.24, 2.45) is 0 Å². The van der Waals surface area contributed by atoms with Crippen molar-refractivity contribution in [2.75, 3.05) is 59.3 Å². The van der Waals surface area contributed by atoms with E-state index >= 15 is 0 Å². The second-order valence-electron chi connectivity index (χ2n) is 12.0. The molecule has 0 unspecified atom stereocenters. The smallest absolute Gasteiger partial charge is 0.259 e. The van der Waals surface area contributed by atoms with E-state index in [1.165, 1.54) is 7.11 Å². The van der Waals surface area contributed by atoms with Crippen LogP contribution in [0.3, 0.4) is 0 Å². The lowest BCUT2D eigenvalue weighted by Crippen LogP contribution is -2.47. The number of fused-ring (bicyclic) bond motifs is 1. The number of aryl methyl sites for hydroxylation is 1. The molecule has 3 aromatic carbocycles. The average Bonchev–Trinajstić information content (AvgIpc) is 3.54. The number of anilines is 1. The normalized spacial score (nSPS) is 13.4. The molecule has 5 rings (SSSR count). The summed E-state index contributed by atoms with van der Waals surface area (Å²) in [5.74, 6) is 0.562. The van der Waals surface area contributed by atoms with Crippen molar-refractivity contribution in [3.8, 4) is 22.6 Å². The summed E-state index contributed by atoms with van der Waals surface area (Å²) >= 11 is 0. The van der Waals surface area contributed by atoms with Gasteiger partial charge in [-0.05, 0) is 69.1 Å². The van der Waals surface area contributed by atoms with Gasteiger partial charge in [-0.2, -0.15) is 0 Å². The van der Waals surface area contributed by atoms with Crippen molar-refractivity contribution in [3.63, 3.8) is 0 Å². The molecule has 1 aliphatic heterocycles. The van der Waals surface area contributed by atoms with Gasteiger partial charge in [0.1, 0.15) is 29.4 Å². The Morgan fingerprint density at radius 2 is 1.75 bits per heavy atom. The molecular formula is C36H44N6O6. The molecule has 1 aliphatic rings. The first kappa shape index (κ1) is 34.4. The van der Waals surface area contributed by atoms with Crippen molar-refractivity contribution in [3.05, 3.63) is 71.0 Å². The molecule has 4 aromatic rings. The highest BCUT2D eigenvalue weighted by molar-refractivity contribution is 6.13. The van der Waals surface area contributed by atoms with Crippen LogP contribution in [-0.2, 0) is 11.4 Å². The minimum absolute atomic E-state index is 0.207. The third-order valence-corrected chi connectivity index (χ3v) is 8.59. The monoisotopic (exact) mass is 656 g/mol. The summed E-state index contributed by atoms with van der Waals surface area (Å²) in [7, 11) is 5.08. The van der Waals surface area contributed by atoms with E-state index in [2.05, 4.69) is 32.5 Å². The highest BCUT2D eigenvalue weighted by Gasteiger charge is 2.26. The summed E-state index contributed by atoms with van der Waals surface area (Å²) in [6.45, 7) is 5.49. The fourth-order valence-corrected chi connectivity index (χ4v) is 5.92. The average molecular weight is 657 g/mol. The fourth-order valence-electron chi connectivity index (χ4n) is 5.92. The third kappa shape index (κ3) is 7.77. The number of aromatic amines is 1. The highest BCUT2D eigenvalue weighted by atomic mass is 16.5. The molecule has 1 saturated heterocycles. The number of aliphatic hydroxyl groups excluding tert-OH is 1. The molecule has 4 N–H and O–H groups in total. The van der Waals surface area contributed by atoms with Gasteiger partial charge in [-0.3, -0.25) is 14.4 Å². The number of aliphatic hydroxyl groups is 1. The van der Waals surface area contributed by atoms with Crippen LogP contribution in [0, 0.1) is 6.92 Å². The molecule has 1 aromatic heterocycles. The maximum Gasteiger partial charge on any atom is 0.259 e. The number of para-hydroxylation sites is 1. The summed E-state index contributed by atoms with van der Waals surface area (Å²) in [4.78, 5) is 51.1. The molecule has 0 bridgehead atoms. The number of piperazine rings is 1. The number of hydrogen-bond acceptors (Lipinski definition) is 8. The van der Waals surface area contributed by atoms with Gasteiger partial charge in [0.05, 0.1) is 36.0 Å². The van der Waals surface area contributed by atoms with Crippen LogP contribution >= 0.6 is 0 Å². The summed E-state index contributed by atoms with van der Waals surface area (Å²) in [5, 5.41) is 15.1. The molecule has 2 heterocycles. The number of methoxy groups -OCH3 is 1. The number of likely N-dealkylation sites (N-methyl/N-ethyl adjacent to an activating group) is 1. The number of hydrogen-bond donors (Lipinski definition) is 4. The Labute approximate surface area is 280 Å². The Morgan fingerprint density at radius 3 is 2.48 bits per heavy atom. The van der Waals surface area contributed by atoms with Gasteiger partial charge in [0.15, 0.2) is 0 Å². The Hall–Kier alpha value is -4.94. The molecule has 1 fully saturated rings. The van der Waals surface area contributed by atoms with Crippen LogP contribution in [0.1, 0.15) is 57.8 Å². The number of benzene rings is 3. The van der Waals surface area contributed by atoms with E-state index in [0.29, 0.717) is 58.0 Å². The van der Waals surface area contributed by atoms with Crippen molar-refractivity contribution in [1.82, 2.24) is 25.1 Å². The van der Waals surface area contributed by atoms with E-state index in [1.807, 2.05) is 30.0 Å². The maximum atomic E-state index is 13.8. The molecule has 0 radical (unpaired) electrons. The predicted molar refractivity (Wildman–Crippen MR) is 185 cm³/mol. The van der Waals surface area contributed by atoms with Gasteiger partial charge in [-0.1, -0.05) is 18.2 Å². The molecule has 254 valence electrons. The minimum Gasteiger partial charge on any atom is -0.495 e. The summed E-state index contributed by atoms with van der Waals surface area (Å²) in [6, 6.07) is 14.2. The largest absolute Gasteiger partial charge is 0.495 e. The molecule has 3 amide bonds. The fraction of sp³-hybridized carbons (Fsp3) is 0.389. The number of aromatic nitrogens is 2. The molecule has 0 atom stereocenters. The summed E-state index contributed by atoms with van der Waals surface area (Å²) < 4.78 is 12.2. The minimum atomic E-state index is -0.460.